The van der Waals surface area contributed by atoms with Gasteiger partial charge in [-0.05, 0) is 73.5 Å². The van der Waals surface area contributed by atoms with Gasteiger partial charge in [-0.1, -0.05) is 0 Å². The second kappa shape index (κ2) is 10.0. The summed E-state index contributed by atoms with van der Waals surface area (Å²) in [4.78, 5) is 31.2. The molecule has 176 valence electrons. The summed E-state index contributed by atoms with van der Waals surface area (Å²) in [6, 6.07) is 16.2. The number of anilines is 1. The number of hydrogen-bond acceptors (Lipinski definition) is 6. The summed E-state index contributed by atoms with van der Waals surface area (Å²) in [5.41, 5.74) is 1.04. The summed E-state index contributed by atoms with van der Waals surface area (Å²) in [5.74, 6) is 0.731. The molecular formula is C24H24N4O5S. The number of nitrogens with two attached hydrogens (primary N) is 1. The Morgan fingerprint density at radius 1 is 0.971 bits per heavy atom. The fourth-order valence-electron chi connectivity index (χ4n) is 3.71. The molecule has 0 saturated carbocycles. The van der Waals surface area contributed by atoms with Crippen molar-refractivity contribution in [2.24, 2.45) is 11.1 Å². The Balaban J connectivity index is 1.29. The SMILES string of the molecule is NS(=O)(=O)c1ccc(NC(=O)C2CCN(C(=O)c3ccc(Oc4cccnc4)cc3)CC2)cc1. The minimum Gasteiger partial charge on any atom is -0.456 e. The van der Waals surface area contributed by atoms with E-state index in [1.165, 1.54) is 24.3 Å². The molecule has 0 bridgehead atoms. The zero-order chi connectivity index (χ0) is 24.1. The highest BCUT2D eigenvalue weighted by Crippen LogP contribution is 2.24. The molecule has 2 heterocycles. The Labute approximate surface area is 197 Å². The first-order chi connectivity index (χ1) is 16.3. The number of primary sulfonamides is 1. The van der Waals surface area contributed by atoms with Crippen LogP contribution in [0.2, 0.25) is 0 Å². The lowest BCUT2D eigenvalue weighted by molar-refractivity contribution is -0.121. The largest absolute Gasteiger partial charge is 0.456 e. The van der Waals surface area contributed by atoms with Crippen LogP contribution in [0.25, 0.3) is 0 Å². The number of amides is 2. The molecule has 34 heavy (non-hydrogen) atoms. The number of likely N-dealkylation sites (tertiary alicyclic amines) is 1. The molecule has 9 nitrogen and oxygen atoms in total. The number of piperidine rings is 1. The van der Waals surface area contributed by atoms with Crippen LogP contribution in [0.1, 0.15) is 23.2 Å². The smallest absolute Gasteiger partial charge is 0.253 e. The first-order valence-corrected chi connectivity index (χ1v) is 12.3. The van der Waals surface area contributed by atoms with E-state index in [0.717, 1.165) is 0 Å². The molecule has 4 rings (SSSR count). The second-order valence-electron chi connectivity index (χ2n) is 7.94. The van der Waals surface area contributed by atoms with Crippen LogP contribution in [0.3, 0.4) is 0 Å². The Morgan fingerprint density at radius 2 is 1.65 bits per heavy atom. The number of rotatable bonds is 6. The van der Waals surface area contributed by atoms with Gasteiger partial charge >= 0.3 is 0 Å². The predicted octanol–water partition coefficient (Wildman–Crippen LogP) is 3.01. The number of nitrogens with zero attached hydrogens (tertiary/aromatic N) is 2. The highest BCUT2D eigenvalue weighted by molar-refractivity contribution is 7.89. The lowest BCUT2D eigenvalue weighted by atomic mass is 9.95. The third-order valence-corrected chi connectivity index (χ3v) is 6.50. The number of carbonyl (C=O) groups excluding carboxylic acids is 2. The highest BCUT2D eigenvalue weighted by atomic mass is 32.2. The van der Waals surface area contributed by atoms with Crippen molar-refractivity contribution < 1.29 is 22.7 Å². The Morgan fingerprint density at radius 3 is 2.24 bits per heavy atom. The van der Waals surface area contributed by atoms with Crippen molar-refractivity contribution in [3.05, 3.63) is 78.6 Å². The molecule has 10 heteroatoms. The maximum Gasteiger partial charge on any atom is 0.253 e. The van der Waals surface area contributed by atoms with Crippen molar-refractivity contribution in [1.29, 1.82) is 0 Å². The summed E-state index contributed by atoms with van der Waals surface area (Å²) < 4.78 is 28.4. The van der Waals surface area contributed by atoms with E-state index in [4.69, 9.17) is 9.88 Å². The van der Waals surface area contributed by atoms with Crippen LogP contribution in [0, 0.1) is 5.92 Å². The molecule has 0 spiro atoms. The van der Waals surface area contributed by atoms with Gasteiger partial charge in [-0.15, -0.1) is 0 Å². The van der Waals surface area contributed by atoms with E-state index in [9.17, 15) is 18.0 Å². The van der Waals surface area contributed by atoms with E-state index >= 15 is 0 Å². The van der Waals surface area contributed by atoms with Gasteiger partial charge in [0.25, 0.3) is 5.91 Å². The Kier molecular flexibility index (Phi) is 6.90. The van der Waals surface area contributed by atoms with Gasteiger partial charge in [0.1, 0.15) is 11.5 Å². The number of nitrogens with one attached hydrogen (secondary N) is 1. The third kappa shape index (κ3) is 5.77. The molecule has 1 aliphatic rings. The molecule has 1 aromatic heterocycles. The summed E-state index contributed by atoms with van der Waals surface area (Å²) in [7, 11) is -3.78. The molecule has 0 unspecified atom stereocenters. The summed E-state index contributed by atoms with van der Waals surface area (Å²) in [6.07, 6.45) is 4.35. The van der Waals surface area contributed by atoms with Crippen molar-refractivity contribution in [1.82, 2.24) is 9.88 Å². The molecule has 0 radical (unpaired) electrons. The van der Waals surface area contributed by atoms with E-state index in [1.54, 1.807) is 53.7 Å². The fraction of sp³-hybridized carbons (Fsp3) is 0.208. The molecule has 1 saturated heterocycles. The highest BCUT2D eigenvalue weighted by Gasteiger charge is 2.28. The predicted molar refractivity (Wildman–Crippen MR) is 126 cm³/mol. The average Bonchev–Trinajstić information content (AvgIpc) is 2.84. The monoisotopic (exact) mass is 480 g/mol. The number of carbonyl (C=O) groups is 2. The van der Waals surface area contributed by atoms with Gasteiger partial charge in [-0.3, -0.25) is 14.6 Å². The van der Waals surface area contributed by atoms with Crippen LogP contribution in [0.5, 0.6) is 11.5 Å². The maximum atomic E-state index is 12.9. The van der Waals surface area contributed by atoms with Gasteiger partial charge < -0.3 is 15.0 Å². The Hall–Kier alpha value is -3.76. The van der Waals surface area contributed by atoms with Crippen LogP contribution < -0.4 is 15.2 Å². The lowest BCUT2D eigenvalue weighted by Gasteiger charge is -2.31. The fourth-order valence-corrected chi connectivity index (χ4v) is 4.22. The average molecular weight is 481 g/mol. The van der Waals surface area contributed by atoms with Crippen molar-refractivity contribution in [3.63, 3.8) is 0 Å². The minimum atomic E-state index is -3.78. The molecule has 0 aliphatic carbocycles. The first kappa shape index (κ1) is 23.4. The second-order valence-corrected chi connectivity index (χ2v) is 9.50. The van der Waals surface area contributed by atoms with E-state index in [2.05, 4.69) is 10.3 Å². The number of aromatic nitrogens is 1. The van der Waals surface area contributed by atoms with E-state index in [0.29, 0.717) is 48.7 Å². The van der Waals surface area contributed by atoms with Crippen LogP contribution in [-0.4, -0.2) is 43.2 Å². The van der Waals surface area contributed by atoms with Crippen LogP contribution in [0.4, 0.5) is 5.69 Å². The van der Waals surface area contributed by atoms with Crippen LogP contribution in [0.15, 0.2) is 78.0 Å². The van der Waals surface area contributed by atoms with E-state index in [-0.39, 0.29) is 22.6 Å². The van der Waals surface area contributed by atoms with Gasteiger partial charge in [-0.2, -0.15) is 0 Å². The van der Waals surface area contributed by atoms with Crippen LogP contribution in [-0.2, 0) is 14.8 Å². The molecule has 3 N–H and O–H groups in total. The van der Waals surface area contributed by atoms with Crippen molar-refractivity contribution >= 4 is 27.5 Å². The molecule has 1 aliphatic heterocycles. The summed E-state index contributed by atoms with van der Waals surface area (Å²) >= 11 is 0. The van der Waals surface area contributed by atoms with Gasteiger partial charge in [0.15, 0.2) is 0 Å². The first-order valence-electron chi connectivity index (χ1n) is 10.7. The van der Waals surface area contributed by atoms with E-state index in [1.807, 2.05) is 0 Å². The van der Waals surface area contributed by atoms with Crippen molar-refractivity contribution in [2.75, 3.05) is 18.4 Å². The third-order valence-electron chi connectivity index (χ3n) is 5.57. The number of hydrogen-bond donors (Lipinski definition) is 2. The molecule has 0 atom stereocenters. The number of sulfonamides is 1. The summed E-state index contributed by atoms with van der Waals surface area (Å²) in [6.45, 7) is 0.935. The van der Waals surface area contributed by atoms with Gasteiger partial charge in [0.2, 0.25) is 15.9 Å². The standard InChI is InChI=1S/C24H24N4O5S/c25-34(31,32)22-9-5-19(6-10-22)27-23(29)17-11-14-28(15-12-17)24(30)18-3-7-20(8-4-18)33-21-2-1-13-26-16-21/h1-10,13,16-17H,11-12,14-15H2,(H,27,29)(H2,25,31,32). The number of ether oxygens (including phenoxy) is 1. The lowest BCUT2D eigenvalue weighted by Crippen LogP contribution is -2.41. The summed E-state index contributed by atoms with van der Waals surface area (Å²) in [5, 5.41) is 7.88. The molecule has 3 aromatic rings. The Bertz CT molecular complexity index is 1250. The number of pyridine rings is 1. The topological polar surface area (TPSA) is 132 Å². The van der Waals surface area contributed by atoms with Gasteiger partial charge in [0, 0.05) is 36.5 Å². The van der Waals surface area contributed by atoms with Crippen molar-refractivity contribution in [2.45, 2.75) is 17.7 Å². The normalized spacial score (nSPS) is 14.4. The maximum absolute atomic E-state index is 12.9. The molecule has 1 fully saturated rings. The van der Waals surface area contributed by atoms with Gasteiger partial charge in [-0.25, -0.2) is 13.6 Å². The zero-order valence-corrected chi connectivity index (χ0v) is 19.1. The number of benzene rings is 2. The van der Waals surface area contributed by atoms with Crippen molar-refractivity contribution in [3.8, 4) is 11.5 Å². The zero-order valence-electron chi connectivity index (χ0n) is 18.3. The molecule has 2 aromatic carbocycles. The quantitative estimate of drug-likeness (QED) is 0.557. The van der Waals surface area contributed by atoms with Gasteiger partial charge in [0.05, 0.1) is 11.1 Å². The minimum absolute atomic E-state index is 0.0195. The van der Waals surface area contributed by atoms with E-state index < -0.39 is 10.0 Å². The molecular weight excluding hydrogens is 456 g/mol. The van der Waals surface area contributed by atoms with Crippen LogP contribution >= 0.6 is 0 Å². The molecule has 2 amide bonds.